The summed E-state index contributed by atoms with van der Waals surface area (Å²) in [5.41, 5.74) is 3.33. The lowest BCUT2D eigenvalue weighted by Gasteiger charge is -2.40. The molecule has 4 rings (SSSR count). The highest BCUT2D eigenvalue weighted by molar-refractivity contribution is 7.09. The number of piperidine rings is 1. The van der Waals surface area contributed by atoms with Crippen LogP contribution in [0.3, 0.4) is 0 Å². The van der Waals surface area contributed by atoms with Crippen LogP contribution in [0.1, 0.15) is 107 Å². The number of benzene rings is 2. The number of aromatic nitrogens is 1. The molecule has 1 fully saturated rings. The first-order valence-corrected chi connectivity index (χ1v) is 22.4. The summed E-state index contributed by atoms with van der Waals surface area (Å²) >= 11 is 1.29. The highest BCUT2D eigenvalue weighted by Gasteiger charge is 2.38. The minimum atomic E-state index is -0.931. The van der Waals surface area contributed by atoms with Crippen molar-refractivity contribution in [3.63, 3.8) is 0 Å². The molecule has 0 aliphatic carbocycles. The Morgan fingerprint density at radius 3 is 2.28 bits per heavy atom. The van der Waals surface area contributed by atoms with Gasteiger partial charge in [-0.15, -0.1) is 11.3 Å². The van der Waals surface area contributed by atoms with Crippen LogP contribution in [0.2, 0.25) is 0 Å². The quantitative estimate of drug-likeness (QED) is 0.0807. The molecule has 3 aromatic rings. The number of amides is 2. The second-order valence-corrected chi connectivity index (χ2v) is 17.7. The molecule has 2 aromatic carbocycles. The number of nitrogens with one attached hydrogen (secondary N) is 1. The van der Waals surface area contributed by atoms with Gasteiger partial charge in [0.25, 0.3) is 5.91 Å². The predicted octanol–water partition coefficient (Wildman–Crippen LogP) is 7.92. The van der Waals surface area contributed by atoms with Gasteiger partial charge in [0.1, 0.15) is 23.6 Å². The molecule has 1 aliphatic heterocycles. The first kappa shape index (κ1) is 48.7. The molecule has 60 heavy (non-hydrogen) atoms. The van der Waals surface area contributed by atoms with Crippen molar-refractivity contribution < 1.29 is 38.5 Å². The number of rotatable bonds is 25. The normalized spacial score (nSPS) is 17.6. The number of likely N-dealkylation sites (tertiary alicyclic amines) is 1. The molecule has 0 radical (unpaired) electrons. The summed E-state index contributed by atoms with van der Waals surface area (Å²) in [6.45, 7) is 11.4. The van der Waals surface area contributed by atoms with E-state index in [-0.39, 0.29) is 60.9 Å². The Morgan fingerprint density at radius 1 is 0.967 bits per heavy atom. The van der Waals surface area contributed by atoms with Crippen LogP contribution >= 0.6 is 11.3 Å². The summed E-state index contributed by atoms with van der Waals surface area (Å²) in [5, 5.41) is 15.1. The van der Waals surface area contributed by atoms with Gasteiger partial charge in [-0.1, -0.05) is 102 Å². The summed E-state index contributed by atoms with van der Waals surface area (Å²) in [5.74, 6) is -2.45. The van der Waals surface area contributed by atoms with Crippen LogP contribution < -0.4 is 5.32 Å². The topological polar surface area (TPSA) is 148 Å². The van der Waals surface area contributed by atoms with Crippen LogP contribution in [-0.2, 0) is 35.0 Å². The Bertz CT molecular complexity index is 1790. The number of aliphatic carboxylic acids is 1. The van der Waals surface area contributed by atoms with Crippen molar-refractivity contribution in [2.24, 2.45) is 23.7 Å². The highest BCUT2D eigenvalue weighted by Crippen LogP contribution is 2.33. The Labute approximate surface area is 361 Å². The number of carboxylic acids is 1. The number of nitrogens with zero attached hydrogens (tertiary/aromatic N) is 3. The van der Waals surface area contributed by atoms with E-state index in [1.54, 1.807) is 19.4 Å². The Balaban J connectivity index is 1.56. The van der Waals surface area contributed by atoms with Crippen molar-refractivity contribution in [2.75, 3.05) is 47.8 Å². The number of carbonyl (C=O) groups is 4. The molecule has 12 nitrogen and oxygen atoms in total. The van der Waals surface area contributed by atoms with Gasteiger partial charge in [-0.3, -0.25) is 24.1 Å². The van der Waals surface area contributed by atoms with Gasteiger partial charge in [-0.05, 0) is 67.8 Å². The number of Topliss-reactive ketones (excluding diaryl/α,β-unsaturated/α-hetero) is 1. The summed E-state index contributed by atoms with van der Waals surface area (Å²) in [6.07, 6.45) is 4.28. The lowest BCUT2D eigenvalue weighted by atomic mass is 9.82. The first-order chi connectivity index (χ1) is 28.8. The number of carboxylic acid groups (broad SMARTS) is 1. The van der Waals surface area contributed by atoms with Gasteiger partial charge in [-0.2, -0.15) is 0 Å². The fourth-order valence-corrected chi connectivity index (χ4v) is 8.99. The average Bonchev–Trinajstić information content (AvgIpc) is 3.74. The van der Waals surface area contributed by atoms with Gasteiger partial charge < -0.3 is 29.5 Å². The van der Waals surface area contributed by atoms with Crippen LogP contribution in [0.5, 0.6) is 0 Å². The van der Waals surface area contributed by atoms with Gasteiger partial charge in [-0.25, -0.2) is 4.98 Å². The van der Waals surface area contributed by atoms with E-state index in [0.717, 1.165) is 48.9 Å². The van der Waals surface area contributed by atoms with E-state index in [9.17, 15) is 24.3 Å². The lowest BCUT2D eigenvalue weighted by Crippen LogP contribution is -2.50. The van der Waals surface area contributed by atoms with Crippen molar-refractivity contribution in [3.8, 4) is 11.1 Å². The molecular weight excluding hydrogens is 781 g/mol. The number of ether oxygens (including phenoxy) is 3. The standard InChI is InChI=1S/C47H68N4O8S/c1-9-32(4)38(27-42(52)40-17-13-14-22-50(40)6)46(54)51(23-24-57-7)41(31(2)3)28-43(59-30-58-8)45-49-39(29-60-45)44(53)48-37(25-33(5)47(55)56)26-34-18-20-36(21-19-34)35-15-11-10-12-16-35/h10-12,15-16,18-21,29,31-33,37-38,40-41,43H,9,13-14,17,22-28,30H2,1-8H3,(H,48,53)(H,55,56)/t32?,33-,37+,38?,40?,41+,43+/m0/s1. The molecule has 1 saturated heterocycles. The summed E-state index contributed by atoms with van der Waals surface area (Å²) in [6, 6.07) is 17.2. The maximum Gasteiger partial charge on any atom is 0.306 e. The SMILES string of the molecule is CCC(C)C(CC(=O)C1CCCCN1C)C(=O)N(CCOC)[C@H](C[C@@H](OCOC)c1nc(C(=O)N[C@@H](Cc2ccc(-c3ccccc3)cc2)C[C@H](C)C(=O)O)cs1)C(C)C. The molecule has 0 saturated carbocycles. The van der Waals surface area contributed by atoms with Crippen LogP contribution in [0.15, 0.2) is 60.0 Å². The second kappa shape index (κ2) is 24.4. The molecule has 13 heteroatoms. The van der Waals surface area contributed by atoms with E-state index in [2.05, 4.69) is 37.9 Å². The maximum absolute atomic E-state index is 14.8. The minimum Gasteiger partial charge on any atom is -0.481 e. The number of hydrogen-bond donors (Lipinski definition) is 2. The van der Waals surface area contributed by atoms with Gasteiger partial charge in [0.05, 0.1) is 18.6 Å². The van der Waals surface area contributed by atoms with Crippen molar-refractivity contribution in [1.82, 2.24) is 20.1 Å². The maximum atomic E-state index is 14.8. The number of likely N-dealkylation sites (N-methyl/N-ethyl adjacent to an activating group) is 1. The van der Waals surface area contributed by atoms with Crippen LogP contribution in [-0.4, -0.2) is 109 Å². The molecule has 2 amide bonds. The molecule has 0 spiro atoms. The van der Waals surface area contributed by atoms with Crippen molar-refractivity contribution in [3.05, 3.63) is 76.2 Å². The first-order valence-electron chi connectivity index (χ1n) is 21.5. The van der Waals surface area contributed by atoms with Crippen molar-refractivity contribution >= 4 is 34.9 Å². The molecule has 3 unspecified atom stereocenters. The van der Waals surface area contributed by atoms with E-state index in [0.29, 0.717) is 31.0 Å². The number of methoxy groups -OCH3 is 2. The van der Waals surface area contributed by atoms with Crippen LogP contribution in [0, 0.1) is 23.7 Å². The zero-order valence-electron chi connectivity index (χ0n) is 36.9. The van der Waals surface area contributed by atoms with E-state index in [1.165, 1.54) is 18.4 Å². The van der Waals surface area contributed by atoms with Crippen molar-refractivity contribution in [1.29, 1.82) is 0 Å². The van der Waals surface area contributed by atoms with Crippen LogP contribution in [0.25, 0.3) is 11.1 Å². The summed E-state index contributed by atoms with van der Waals surface area (Å²) in [7, 11) is 5.15. The smallest absolute Gasteiger partial charge is 0.306 e. The van der Waals surface area contributed by atoms with E-state index >= 15 is 0 Å². The molecule has 7 atom stereocenters. The fourth-order valence-electron chi connectivity index (χ4n) is 8.13. The average molecular weight is 849 g/mol. The fraction of sp³-hybridized carbons (Fsp3) is 0.596. The molecule has 330 valence electrons. The number of ketones is 1. The number of hydrogen-bond acceptors (Lipinski definition) is 10. The third-order valence-electron chi connectivity index (χ3n) is 12.0. The largest absolute Gasteiger partial charge is 0.481 e. The minimum absolute atomic E-state index is 0.00122. The van der Waals surface area contributed by atoms with Crippen molar-refractivity contribution in [2.45, 2.75) is 110 Å². The van der Waals surface area contributed by atoms with Gasteiger partial charge >= 0.3 is 5.97 Å². The van der Waals surface area contributed by atoms with E-state index < -0.39 is 35.9 Å². The van der Waals surface area contributed by atoms with Gasteiger partial charge in [0, 0.05) is 57.0 Å². The monoisotopic (exact) mass is 848 g/mol. The van der Waals surface area contributed by atoms with E-state index in [4.69, 9.17) is 19.2 Å². The van der Waals surface area contributed by atoms with Crippen LogP contribution in [0.4, 0.5) is 0 Å². The molecule has 2 heterocycles. The lowest BCUT2D eigenvalue weighted by molar-refractivity contribution is -0.146. The summed E-state index contributed by atoms with van der Waals surface area (Å²) in [4.78, 5) is 63.1. The summed E-state index contributed by atoms with van der Waals surface area (Å²) < 4.78 is 17.1. The Kier molecular flexibility index (Phi) is 19.8. The third kappa shape index (κ3) is 14.0. The molecule has 0 bridgehead atoms. The molecule has 1 aromatic heterocycles. The molecule has 1 aliphatic rings. The second-order valence-electron chi connectivity index (χ2n) is 16.8. The number of thiazole rings is 1. The molecule has 2 N–H and O–H groups in total. The van der Waals surface area contributed by atoms with Gasteiger partial charge in [0.2, 0.25) is 5.91 Å². The van der Waals surface area contributed by atoms with Gasteiger partial charge in [0.15, 0.2) is 5.78 Å². The third-order valence-corrected chi connectivity index (χ3v) is 12.9. The predicted molar refractivity (Wildman–Crippen MR) is 236 cm³/mol. The Morgan fingerprint density at radius 2 is 1.67 bits per heavy atom. The van der Waals surface area contributed by atoms with E-state index in [1.807, 2.05) is 66.5 Å². The molecular formula is C47H68N4O8S. The number of carbonyl (C=O) groups excluding carboxylic acids is 3. The zero-order chi connectivity index (χ0) is 43.8. The Hall–Kier alpha value is -4.01. The highest BCUT2D eigenvalue weighted by atomic mass is 32.1. The zero-order valence-corrected chi connectivity index (χ0v) is 37.7.